The van der Waals surface area contributed by atoms with Gasteiger partial charge in [0.15, 0.2) is 0 Å². The molecule has 0 amide bonds. The average molecular weight is 426 g/mol. The molecule has 0 aliphatic heterocycles. The van der Waals surface area contributed by atoms with Crippen molar-refractivity contribution in [1.82, 2.24) is 4.98 Å². The fourth-order valence-corrected chi connectivity index (χ4v) is 9.33. The van der Waals surface area contributed by atoms with Gasteiger partial charge in [-0.05, 0) is 115 Å². The first kappa shape index (κ1) is 19.5. The minimum Gasteiger partial charge on any atom is -0.381 e. The Morgan fingerprint density at radius 3 is 2.91 bits per heavy atom. The number of fused-ring (bicyclic) bond motifs is 2. The van der Waals surface area contributed by atoms with Crippen LogP contribution in [-0.2, 0) is 4.74 Å². The summed E-state index contributed by atoms with van der Waals surface area (Å²) in [4.78, 5) is 4.39. The Balaban J connectivity index is 1.29. The van der Waals surface area contributed by atoms with E-state index in [0.29, 0.717) is 28.3 Å². The van der Waals surface area contributed by atoms with E-state index in [1.807, 2.05) is 19.5 Å². The quantitative estimate of drug-likeness (QED) is 0.501. The van der Waals surface area contributed by atoms with Gasteiger partial charge in [0.2, 0.25) is 0 Å². The van der Waals surface area contributed by atoms with Crippen LogP contribution in [0.25, 0.3) is 10.8 Å². The summed E-state index contributed by atoms with van der Waals surface area (Å²) in [5.41, 5.74) is 6.25. The van der Waals surface area contributed by atoms with Crippen LogP contribution in [0.5, 0.6) is 0 Å². The molecule has 166 valence electrons. The normalized spacial score (nSPS) is 42.1. The van der Waals surface area contributed by atoms with Crippen LogP contribution in [-0.4, -0.2) is 18.2 Å². The first-order valence-corrected chi connectivity index (χ1v) is 12.8. The van der Waals surface area contributed by atoms with Crippen LogP contribution in [0.2, 0.25) is 0 Å². The van der Waals surface area contributed by atoms with Gasteiger partial charge in [-0.2, -0.15) is 0 Å². The Morgan fingerprint density at radius 2 is 2.00 bits per heavy atom. The maximum absolute atomic E-state index is 5.89. The predicted octanol–water partition coefficient (Wildman–Crippen LogP) is 7.36. The highest BCUT2D eigenvalue weighted by molar-refractivity contribution is 5.82. The first-order chi connectivity index (χ1) is 15.6. The van der Waals surface area contributed by atoms with Crippen molar-refractivity contribution in [1.29, 1.82) is 0 Å². The van der Waals surface area contributed by atoms with E-state index in [0.717, 1.165) is 5.92 Å². The summed E-state index contributed by atoms with van der Waals surface area (Å²) in [6.45, 7) is 2.63. The fourth-order valence-electron chi connectivity index (χ4n) is 9.33. The average Bonchev–Trinajstić information content (AvgIpc) is 3.33. The number of ether oxygens (including phenoxy) is 1. The van der Waals surface area contributed by atoms with Crippen LogP contribution in [0.4, 0.5) is 0 Å². The molecule has 0 N–H and O–H groups in total. The number of allylic oxidation sites excluding steroid dienone is 4. The van der Waals surface area contributed by atoms with Crippen LogP contribution in [0, 0.1) is 22.2 Å². The summed E-state index contributed by atoms with van der Waals surface area (Å²) in [5, 5.41) is 2.60. The number of hydrogen-bond donors (Lipinski definition) is 0. The van der Waals surface area contributed by atoms with E-state index >= 15 is 0 Å². The van der Waals surface area contributed by atoms with Crippen LogP contribution >= 0.6 is 0 Å². The predicted molar refractivity (Wildman–Crippen MR) is 129 cm³/mol. The number of methoxy groups -OCH3 is 1. The van der Waals surface area contributed by atoms with Gasteiger partial charge in [-0.25, -0.2) is 0 Å². The second kappa shape index (κ2) is 6.56. The van der Waals surface area contributed by atoms with Crippen molar-refractivity contribution in [3.05, 3.63) is 65.5 Å². The van der Waals surface area contributed by atoms with Gasteiger partial charge in [-0.3, -0.25) is 4.98 Å². The van der Waals surface area contributed by atoms with Gasteiger partial charge in [0.05, 0.1) is 6.10 Å². The second-order valence-corrected chi connectivity index (χ2v) is 11.9. The maximum atomic E-state index is 5.89. The monoisotopic (exact) mass is 425 g/mol. The molecule has 3 saturated carbocycles. The lowest BCUT2D eigenvalue weighted by molar-refractivity contribution is 0.0182. The molecule has 2 aromatic rings. The second-order valence-electron chi connectivity index (χ2n) is 11.9. The summed E-state index contributed by atoms with van der Waals surface area (Å²) in [7, 11) is 1.92. The lowest BCUT2D eigenvalue weighted by atomic mass is 9.50. The molecule has 6 atom stereocenters. The molecule has 1 aromatic heterocycles. The molecule has 2 spiro atoms. The van der Waals surface area contributed by atoms with Crippen molar-refractivity contribution >= 4 is 10.8 Å². The van der Waals surface area contributed by atoms with Crippen LogP contribution in [0.3, 0.4) is 0 Å². The molecule has 1 aromatic carbocycles. The van der Waals surface area contributed by atoms with Crippen molar-refractivity contribution in [2.45, 2.75) is 76.7 Å². The molecule has 3 fully saturated rings. The lowest BCUT2D eigenvalue weighted by Crippen LogP contribution is -2.46. The van der Waals surface area contributed by atoms with Gasteiger partial charge in [-0.15, -0.1) is 0 Å². The molecule has 0 saturated heterocycles. The Kier molecular flexibility index (Phi) is 4.01. The molecule has 2 bridgehead atoms. The Hall–Kier alpha value is -1.93. The number of hydrogen-bond acceptors (Lipinski definition) is 2. The third kappa shape index (κ3) is 2.43. The smallest absolute Gasteiger partial charge is 0.0582 e. The topological polar surface area (TPSA) is 22.1 Å². The molecule has 2 nitrogen and oxygen atoms in total. The molecule has 2 heteroatoms. The molecule has 0 unspecified atom stereocenters. The van der Waals surface area contributed by atoms with Gasteiger partial charge < -0.3 is 4.74 Å². The Bertz CT molecular complexity index is 1160. The molecule has 32 heavy (non-hydrogen) atoms. The van der Waals surface area contributed by atoms with E-state index in [-0.39, 0.29) is 0 Å². The molecule has 0 radical (unpaired) electrons. The highest BCUT2D eigenvalue weighted by atomic mass is 16.5. The van der Waals surface area contributed by atoms with Crippen LogP contribution in [0.15, 0.2) is 60.0 Å². The summed E-state index contributed by atoms with van der Waals surface area (Å²) < 4.78 is 5.89. The van der Waals surface area contributed by atoms with Crippen molar-refractivity contribution in [3.8, 4) is 0 Å². The van der Waals surface area contributed by atoms with E-state index in [2.05, 4.69) is 48.3 Å². The SMILES string of the molecule is CO[C@@H]1CCC2=CC3=CC[C@]4(C)[C@@H](c5ccc6ccncc6c5)CC[C@H]4[C@@]34CC[C@]2(C1)C4. The van der Waals surface area contributed by atoms with Gasteiger partial charge in [0.1, 0.15) is 0 Å². The summed E-state index contributed by atoms with van der Waals surface area (Å²) in [5.74, 6) is 1.47. The van der Waals surface area contributed by atoms with Gasteiger partial charge >= 0.3 is 0 Å². The van der Waals surface area contributed by atoms with Crippen molar-refractivity contribution in [2.24, 2.45) is 22.2 Å². The Labute approximate surface area is 192 Å². The van der Waals surface area contributed by atoms with Crippen LogP contribution in [0.1, 0.15) is 76.2 Å². The lowest BCUT2D eigenvalue weighted by Gasteiger charge is -2.54. The van der Waals surface area contributed by atoms with E-state index < -0.39 is 0 Å². The van der Waals surface area contributed by atoms with Gasteiger partial charge in [0.25, 0.3) is 0 Å². The third-order valence-corrected chi connectivity index (χ3v) is 10.8. The number of nitrogens with zero attached hydrogens (tertiary/aromatic N) is 1. The standard InChI is InChI=1S/C30H35NO/c1-28-11-9-24-16-23-5-6-25(32-2)17-29(23)12-13-30(24,19-29)27(28)8-7-26(28)21-4-3-20-10-14-31-18-22(20)15-21/h3-4,9-10,14-16,18,25-27H,5-8,11-13,17,19H2,1-2H3/t25-,26-,27-,28-,29+,30-/m1/s1. The van der Waals surface area contributed by atoms with Crippen molar-refractivity contribution < 1.29 is 4.74 Å². The van der Waals surface area contributed by atoms with Gasteiger partial charge in [0, 0.05) is 24.9 Å². The molecular weight excluding hydrogens is 390 g/mol. The maximum Gasteiger partial charge on any atom is 0.0582 e. The molecule has 1 heterocycles. The molecule has 7 rings (SSSR count). The van der Waals surface area contributed by atoms with E-state index in [4.69, 9.17) is 4.74 Å². The van der Waals surface area contributed by atoms with Crippen molar-refractivity contribution in [3.63, 3.8) is 0 Å². The van der Waals surface area contributed by atoms with Gasteiger partial charge in [-0.1, -0.05) is 36.8 Å². The minimum atomic E-state index is 0.367. The summed E-state index contributed by atoms with van der Waals surface area (Å²) in [6, 6.07) is 9.31. The Morgan fingerprint density at radius 1 is 1.06 bits per heavy atom. The van der Waals surface area contributed by atoms with Crippen molar-refractivity contribution in [2.75, 3.05) is 7.11 Å². The third-order valence-electron chi connectivity index (χ3n) is 10.8. The zero-order valence-corrected chi connectivity index (χ0v) is 19.6. The largest absolute Gasteiger partial charge is 0.381 e. The number of benzene rings is 1. The number of pyridine rings is 1. The zero-order chi connectivity index (χ0) is 21.6. The summed E-state index contributed by atoms with van der Waals surface area (Å²) in [6.07, 6.45) is 21.6. The van der Waals surface area contributed by atoms with E-state index in [9.17, 15) is 0 Å². The van der Waals surface area contributed by atoms with Crippen LogP contribution < -0.4 is 0 Å². The highest BCUT2D eigenvalue weighted by Gasteiger charge is 2.65. The summed E-state index contributed by atoms with van der Waals surface area (Å²) >= 11 is 0. The first-order valence-electron chi connectivity index (χ1n) is 12.8. The molecular formula is C30H35NO. The number of aromatic nitrogens is 1. The molecule has 5 aliphatic carbocycles. The van der Waals surface area contributed by atoms with E-state index in [1.165, 1.54) is 68.6 Å². The molecule has 5 aliphatic rings. The fraction of sp³-hybridized carbons (Fsp3) is 0.567. The zero-order valence-electron chi connectivity index (χ0n) is 19.6. The number of rotatable bonds is 2. The highest BCUT2D eigenvalue weighted by Crippen LogP contribution is 2.75. The van der Waals surface area contributed by atoms with E-state index in [1.54, 1.807) is 16.7 Å². The minimum absolute atomic E-state index is 0.367.